The van der Waals surface area contributed by atoms with Crippen LogP contribution in [0.5, 0.6) is 0 Å². The first-order valence-electron chi connectivity index (χ1n) is 9.31. The van der Waals surface area contributed by atoms with Crippen LogP contribution in [0.2, 0.25) is 0 Å². The number of nitro groups is 1. The Hall–Kier alpha value is -3.42. The summed E-state index contributed by atoms with van der Waals surface area (Å²) in [6.45, 7) is 2.55. The first kappa shape index (κ1) is 20.3. The molecule has 8 nitrogen and oxygen atoms in total. The van der Waals surface area contributed by atoms with Gasteiger partial charge in [-0.2, -0.15) is 0 Å². The number of carbonyl (C=O) groups excluding carboxylic acids is 2. The predicted octanol–water partition coefficient (Wildman–Crippen LogP) is 2.56. The van der Waals surface area contributed by atoms with Gasteiger partial charge in [-0.05, 0) is 18.6 Å². The van der Waals surface area contributed by atoms with E-state index < -0.39 is 11.0 Å². The van der Waals surface area contributed by atoms with Gasteiger partial charge in [-0.15, -0.1) is 0 Å². The molecule has 2 aromatic rings. The minimum absolute atomic E-state index is 0.0924. The van der Waals surface area contributed by atoms with Gasteiger partial charge in [0.15, 0.2) is 0 Å². The second-order valence-corrected chi connectivity index (χ2v) is 7.12. The molecule has 29 heavy (non-hydrogen) atoms. The van der Waals surface area contributed by atoms with E-state index in [0.29, 0.717) is 6.42 Å². The van der Waals surface area contributed by atoms with Crippen LogP contribution >= 0.6 is 0 Å². The van der Waals surface area contributed by atoms with E-state index in [1.54, 1.807) is 23.1 Å². The number of hydrogen-bond donors (Lipinski definition) is 1. The fourth-order valence-electron chi connectivity index (χ4n) is 3.30. The molecular weight excluding hydrogens is 374 g/mol. The van der Waals surface area contributed by atoms with Gasteiger partial charge >= 0.3 is 5.97 Å². The molecule has 0 bridgehead atoms. The van der Waals surface area contributed by atoms with E-state index in [9.17, 15) is 19.7 Å². The number of rotatable bonds is 7. The van der Waals surface area contributed by atoms with Gasteiger partial charge in [-0.1, -0.05) is 42.0 Å². The number of ether oxygens (including phenoxy) is 1. The van der Waals surface area contributed by atoms with Crippen LogP contribution in [-0.4, -0.2) is 47.9 Å². The summed E-state index contributed by atoms with van der Waals surface area (Å²) in [7, 11) is 1.32. The lowest BCUT2D eigenvalue weighted by molar-refractivity contribution is -0.384. The van der Waals surface area contributed by atoms with E-state index in [-0.39, 0.29) is 42.3 Å². The van der Waals surface area contributed by atoms with E-state index in [0.717, 1.165) is 11.1 Å². The molecule has 1 N–H and O–H groups in total. The Labute approximate surface area is 168 Å². The molecule has 1 aliphatic rings. The third-order valence-electron chi connectivity index (χ3n) is 5.02. The van der Waals surface area contributed by atoms with Crippen molar-refractivity contribution < 1.29 is 19.2 Å². The van der Waals surface area contributed by atoms with Gasteiger partial charge in [0.05, 0.1) is 18.0 Å². The van der Waals surface area contributed by atoms with Crippen molar-refractivity contribution in [1.82, 2.24) is 4.90 Å². The van der Waals surface area contributed by atoms with Crippen LogP contribution in [0, 0.1) is 23.0 Å². The minimum Gasteiger partial charge on any atom is -0.469 e. The summed E-state index contributed by atoms with van der Waals surface area (Å²) in [5.74, 6) is -0.866. The molecular formula is C21H23N3O5. The van der Waals surface area contributed by atoms with Crippen molar-refractivity contribution in [2.24, 2.45) is 5.92 Å². The van der Waals surface area contributed by atoms with Gasteiger partial charge in [0.2, 0.25) is 5.91 Å². The second kappa shape index (κ2) is 8.72. The number of nitro benzene ring substituents is 1. The number of methoxy groups -OCH3 is 1. The summed E-state index contributed by atoms with van der Waals surface area (Å²) in [5, 5.41) is 14.4. The van der Waals surface area contributed by atoms with E-state index in [1.165, 1.54) is 13.2 Å². The molecule has 3 rings (SSSR count). The van der Waals surface area contributed by atoms with Crippen molar-refractivity contribution in [2.45, 2.75) is 19.4 Å². The van der Waals surface area contributed by atoms with E-state index in [2.05, 4.69) is 5.32 Å². The number of amides is 1. The lowest BCUT2D eigenvalue weighted by atomic mass is 9.96. The number of nitrogens with zero attached hydrogens (tertiary/aromatic N) is 2. The monoisotopic (exact) mass is 397 g/mol. The van der Waals surface area contributed by atoms with E-state index in [4.69, 9.17) is 4.74 Å². The summed E-state index contributed by atoms with van der Waals surface area (Å²) in [6.07, 6.45) is 0.366. The smallest absolute Gasteiger partial charge is 0.312 e. The molecule has 0 radical (unpaired) electrons. The zero-order valence-corrected chi connectivity index (χ0v) is 16.3. The van der Waals surface area contributed by atoms with Crippen LogP contribution in [0.25, 0.3) is 0 Å². The highest BCUT2D eigenvalue weighted by atomic mass is 16.6. The zero-order chi connectivity index (χ0) is 21.0. The zero-order valence-electron chi connectivity index (χ0n) is 16.3. The fraction of sp³-hybridized carbons (Fsp3) is 0.333. The van der Waals surface area contributed by atoms with Gasteiger partial charge < -0.3 is 15.0 Å². The number of carbonyl (C=O) groups is 2. The first-order valence-corrected chi connectivity index (χ1v) is 9.31. The Morgan fingerprint density at radius 2 is 1.86 bits per heavy atom. The van der Waals surface area contributed by atoms with Crippen molar-refractivity contribution in [1.29, 1.82) is 0 Å². The third-order valence-corrected chi connectivity index (χ3v) is 5.02. The maximum absolute atomic E-state index is 13.1. The molecule has 1 heterocycles. The SMILES string of the molecule is COC(=O)C1CN(C(=O)C(Cc2ccc(C)cc2)Nc2ccccc2[N+](=O)[O-])C1. The molecule has 2 aromatic carbocycles. The molecule has 1 aliphatic heterocycles. The highest BCUT2D eigenvalue weighted by Gasteiger charge is 2.39. The Morgan fingerprint density at radius 1 is 1.21 bits per heavy atom. The molecule has 0 saturated carbocycles. The Balaban J connectivity index is 1.80. The Morgan fingerprint density at radius 3 is 2.48 bits per heavy atom. The molecule has 1 unspecified atom stereocenters. The highest BCUT2D eigenvalue weighted by Crippen LogP contribution is 2.26. The maximum atomic E-state index is 13.1. The quantitative estimate of drug-likeness (QED) is 0.438. The second-order valence-electron chi connectivity index (χ2n) is 7.12. The average molecular weight is 397 g/mol. The van der Waals surface area contributed by atoms with Crippen molar-refractivity contribution in [3.63, 3.8) is 0 Å². The van der Waals surface area contributed by atoms with Gasteiger partial charge in [-0.25, -0.2) is 0 Å². The number of likely N-dealkylation sites (tertiary alicyclic amines) is 1. The fourth-order valence-corrected chi connectivity index (χ4v) is 3.30. The molecule has 1 fully saturated rings. The number of para-hydroxylation sites is 2. The van der Waals surface area contributed by atoms with Crippen molar-refractivity contribution >= 4 is 23.3 Å². The topological polar surface area (TPSA) is 102 Å². The summed E-state index contributed by atoms with van der Waals surface area (Å²) < 4.78 is 4.72. The summed E-state index contributed by atoms with van der Waals surface area (Å²) in [6, 6.07) is 13.3. The van der Waals surface area contributed by atoms with Gasteiger partial charge in [0.25, 0.3) is 5.69 Å². The molecule has 1 amide bonds. The van der Waals surface area contributed by atoms with Crippen molar-refractivity contribution in [3.8, 4) is 0 Å². The molecule has 0 aromatic heterocycles. The number of aryl methyl sites for hydroxylation is 1. The lowest BCUT2D eigenvalue weighted by Gasteiger charge is -2.39. The third kappa shape index (κ3) is 4.71. The summed E-state index contributed by atoms with van der Waals surface area (Å²) in [5.41, 5.74) is 2.23. The number of anilines is 1. The number of esters is 1. The van der Waals surface area contributed by atoms with E-state index in [1.807, 2.05) is 31.2 Å². The van der Waals surface area contributed by atoms with Crippen LogP contribution in [0.3, 0.4) is 0 Å². The normalized spacial score (nSPS) is 14.6. The molecule has 0 aliphatic carbocycles. The van der Waals surface area contributed by atoms with E-state index >= 15 is 0 Å². The van der Waals surface area contributed by atoms with Gasteiger partial charge in [0, 0.05) is 25.6 Å². The number of benzene rings is 2. The molecule has 1 saturated heterocycles. The molecule has 8 heteroatoms. The first-order chi connectivity index (χ1) is 13.9. The van der Waals surface area contributed by atoms with Gasteiger partial charge in [0.1, 0.15) is 11.7 Å². The number of hydrogen-bond acceptors (Lipinski definition) is 6. The Bertz CT molecular complexity index is 907. The minimum atomic E-state index is -0.697. The molecule has 152 valence electrons. The maximum Gasteiger partial charge on any atom is 0.312 e. The van der Waals surface area contributed by atoms with Crippen LogP contribution in [-0.2, 0) is 20.7 Å². The predicted molar refractivity (Wildman–Crippen MR) is 107 cm³/mol. The lowest BCUT2D eigenvalue weighted by Crippen LogP contribution is -2.57. The standard InChI is InChI=1S/C21H23N3O5/c1-14-7-9-15(10-8-14)11-18(20(25)23-12-16(13-23)21(26)29-2)22-17-5-3-4-6-19(17)24(27)28/h3-10,16,18,22H,11-13H2,1-2H3. The van der Waals surface area contributed by atoms with Crippen LogP contribution in [0.15, 0.2) is 48.5 Å². The van der Waals surface area contributed by atoms with Crippen LogP contribution < -0.4 is 5.32 Å². The largest absolute Gasteiger partial charge is 0.469 e. The van der Waals surface area contributed by atoms with Gasteiger partial charge in [-0.3, -0.25) is 19.7 Å². The van der Waals surface area contributed by atoms with Crippen LogP contribution in [0.1, 0.15) is 11.1 Å². The number of nitrogens with one attached hydrogen (secondary N) is 1. The van der Waals surface area contributed by atoms with Crippen LogP contribution in [0.4, 0.5) is 11.4 Å². The summed E-state index contributed by atoms with van der Waals surface area (Å²) >= 11 is 0. The van der Waals surface area contributed by atoms with Crippen molar-refractivity contribution in [3.05, 3.63) is 69.8 Å². The summed E-state index contributed by atoms with van der Waals surface area (Å²) in [4.78, 5) is 37.1. The molecule has 0 spiro atoms. The average Bonchev–Trinajstić information content (AvgIpc) is 2.67. The highest BCUT2D eigenvalue weighted by molar-refractivity contribution is 5.88. The molecule has 1 atom stereocenters. The Kier molecular flexibility index (Phi) is 6.11. The van der Waals surface area contributed by atoms with Crippen molar-refractivity contribution in [2.75, 3.05) is 25.5 Å².